The van der Waals surface area contributed by atoms with E-state index in [-0.39, 0.29) is 23.2 Å². The predicted octanol–water partition coefficient (Wildman–Crippen LogP) is 1.20. The summed E-state index contributed by atoms with van der Waals surface area (Å²) in [7, 11) is 0. The number of aliphatic hydroxyl groups is 4. The third-order valence-corrected chi connectivity index (χ3v) is 8.90. The molecule has 0 amide bonds. The summed E-state index contributed by atoms with van der Waals surface area (Å²) in [6.07, 6.45) is 1.38. The summed E-state index contributed by atoms with van der Waals surface area (Å²) in [5, 5.41) is 45.3. The normalized spacial score (nSPS) is 61.8. The average Bonchev–Trinajstić information content (AvgIpc) is 2.72. The smallest absolute Gasteiger partial charge is 0.201 e. The third-order valence-electron chi connectivity index (χ3n) is 8.90. The topological polar surface area (TPSA) is 90.2 Å². The Morgan fingerprint density at radius 3 is 2.56 bits per heavy atom. The molecule has 2 heterocycles. The van der Waals surface area contributed by atoms with Gasteiger partial charge in [-0.15, -0.1) is 0 Å². The summed E-state index contributed by atoms with van der Waals surface area (Å²) in [5.74, 6) is -2.25. The van der Waals surface area contributed by atoms with Gasteiger partial charge >= 0.3 is 0 Å². The van der Waals surface area contributed by atoms with Crippen LogP contribution in [0.25, 0.3) is 0 Å². The Hall–Kier alpha value is -0.460. The van der Waals surface area contributed by atoms with Gasteiger partial charge in [-0.3, -0.25) is 0 Å². The van der Waals surface area contributed by atoms with E-state index in [1.165, 1.54) is 0 Å². The number of rotatable bonds is 0. The van der Waals surface area contributed by atoms with Crippen molar-refractivity contribution in [2.24, 2.45) is 34.0 Å². The summed E-state index contributed by atoms with van der Waals surface area (Å²) >= 11 is 0. The lowest BCUT2D eigenvalue weighted by Crippen LogP contribution is -2.83. The summed E-state index contributed by atoms with van der Waals surface area (Å²) in [6, 6.07) is 0. The molecule has 0 aromatic heterocycles. The summed E-state index contributed by atoms with van der Waals surface area (Å²) < 4.78 is 5.98. The maximum absolute atomic E-state index is 11.6. The summed E-state index contributed by atoms with van der Waals surface area (Å²) in [5.41, 5.74) is -0.912. The van der Waals surface area contributed by atoms with Crippen LogP contribution in [0.15, 0.2) is 12.2 Å². The van der Waals surface area contributed by atoms with Crippen LogP contribution in [0.1, 0.15) is 46.0 Å². The highest BCUT2D eigenvalue weighted by atomic mass is 16.6. The van der Waals surface area contributed by atoms with E-state index in [2.05, 4.69) is 20.4 Å². The van der Waals surface area contributed by atoms with E-state index >= 15 is 0 Å². The van der Waals surface area contributed by atoms with Crippen LogP contribution in [-0.2, 0) is 4.74 Å². The van der Waals surface area contributed by atoms with Crippen LogP contribution in [0.5, 0.6) is 0 Å². The molecule has 4 aliphatic carbocycles. The van der Waals surface area contributed by atoms with Crippen molar-refractivity contribution in [3.8, 4) is 0 Å². The van der Waals surface area contributed by atoms with Crippen molar-refractivity contribution in [2.75, 3.05) is 6.61 Å². The molecular formula is C20H30O5. The van der Waals surface area contributed by atoms with E-state index in [9.17, 15) is 20.4 Å². The zero-order valence-corrected chi connectivity index (χ0v) is 15.1. The molecule has 0 aromatic carbocycles. The van der Waals surface area contributed by atoms with Gasteiger partial charge in [0.15, 0.2) is 0 Å². The lowest BCUT2D eigenvalue weighted by atomic mass is 9.36. The first-order valence-electron chi connectivity index (χ1n) is 9.71. The average molecular weight is 350 g/mol. The molecule has 2 spiro atoms. The number of hydrogen-bond acceptors (Lipinski definition) is 5. The van der Waals surface area contributed by atoms with Gasteiger partial charge in [-0.2, -0.15) is 0 Å². The molecule has 2 aliphatic heterocycles. The number of aliphatic hydroxyl groups excluding tert-OH is 3. The molecule has 5 nitrogen and oxygen atoms in total. The standard InChI is InChI=1S/C20H30O5/c1-10-11-7-12(21)13-18-6-4-5-17(2,3)14(18)16(23)20(24,25-9-18)19(13,8-11)15(10)22/h11-16,21-24H,1,4-9H2,2-3H3/t11-,12-,13+,14-,15-,16+,18-,19+,20+/m1/s1. The second kappa shape index (κ2) is 4.50. The Balaban J connectivity index is 1.78. The van der Waals surface area contributed by atoms with Crippen molar-refractivity contribution in [3.63, 3.8) is 0 Å². The zero-order valence-electron chi connectivity index (χ0n) is 15.1. The SMILES string of the molecule is C=C1[C@@H]2C[C@@H](O)[C@H]3[C@]45CCCC(C)(C)[C@H]4[C@H](O)[C@](O)(OC5)[C@]3(C2)[C@@H]1O. The van der Waals surface area contributed by atoms with Gasteiger partial charge in [-0.1, -0.05) is 26.8 Å². The van der Waals surface area contributed by atoms with Gasteiger partial charge in [0.25, 0.3) is 0 Å². The van der Waals surface area contributed by atoms with Crippen molar-refractivity contribution < 1.29 is 25.2 Å². The van der Waals surface area contributed by atoms with Crippen molar-refractivity contribution >= 4 is 0 Å². The number of fused-ring (bicyclic) bond motifs is 2. The van der Waals surface area contributed by atoms with Crippen molar-refractivity contribution in [1.82, 2.24) is 0 Å². The Labute approximate surface area is 148 Å². The maximum atomic E-state index is 11.6. The predicted molar refractivity (Wildman–Crippen MR) is 90.3 cm³/mol. The Kier molecular flexibility index (Phi) is 3.01. The van der Waals surface area contributed by atoms with E-state index in [0.717, 1.165) is 19.3 Å². The fraction of sp³-hybridized carbons (Fsp3) is 0.900. The number of ether oxygens (including phenoxy) is 1. The molecule has 9 atom stereocenters. The van der Waals surface area contributed by atoms with Crippen LogP contribution in [0.3, 0.4) is 0 Å². The second-order valence-corrected chi connectivity index (χ2v) is 10.2. The van der Waals surface area contributed by atoms with E-state index in [4.69, 9.17) is 4.74 Å². The first kappa shape index (κ1) is 16.7. The minimum Gasteiger partial charge on any atom is -0.393 e. The fourth-order valence-corrected chi connectivity index (χ4v) is 8.24. The summed E-state index contributed by atoms with van der Waals surface area (Å²) in [4.78, 5) is 0. The largest absolute Gasteiger partial charge is 0.393 e. The van der Waals surface area contributed by atoms with Gasteiger partial charge in [0.2, 0.25) is 5.79 Å². The van der Waals surface area contributed by atoms with Gasteiger partial charge in [-0.05, 0) is 42.6 Å². The van der Waals surface area contributed by atoms with Crippen molar-refractivity contribution in [2.45, 2.75) is 70.1 Å². The molecule has 25 heavy (non-hydrogen) atoms. The Morgan fingerprint density at radius 1 is 1.12 bits per heavy atom. The molecule has 4 N–H and O–H groups in total. The van der Waals surface area contributed by atoms with E-state index in [1.54, 1.807) is 0 Å². The third kappa shape index (κ3) is 1.53. The quantitative estimate of drug-likeness (QED) is 0.493. The van der Waals surface area contributed by atoms with Crippen LogP contribution in [-0.4, -0.2) is 51.1 Å². The zero-order chi connectivity index (χ0) is 18.0. The van der Waals surface area contributed by atoms with Crippen LogP contribution >= 0.6 is 0 Å². The lowest BCUT2D eigenvalue weighted by molar-refractivity contribution is -0.463. The van der Waals surface area contributed by atoms with Gasteiger partial charge in [0.1, 0.15) is 6.10 Å². The highest BCUT2D eigenvalue weighted by Crippen LogP contribution is 2.77. The van der Waals surface area contributed by atoms with E-state index < -0.39 is 34.9 Å². The van der Waals surface area contributed by atoms with Crippen LogP contribution in [0.4, 0.5) is 0 Å². The Morgan fingerprint density at radius 2 is 1.84 bits per heavy atom. The molecule has 2 saturated heterocycles. The van der Waals surface area contributed by atoms with Gasteiger partial charge < -0.3 is 25.2 Å². The number of hydrogen-bond donors (Lipinski definition) is 4. The van der Waals surface area contributed by atoms with Gasteiger partial charge in [0.05, 0.1) is 24.2 Å². The van der Waals surface area contributed by atoms with Gasteiger partial charge in [-0.25, -0.2) is 0 Å². The highest BCUT2D eigenvalue weighted by Gasteiger charge is 2.83. The molecule has 5 heteroatoms. The molecule has 6 rings (SSSR count). The van der Waals surface area contributed by atoms with Crippen molar-refractivity contribution in [3.05, 3.63) is 12.2 Å². The molecule has 6 aliphatic rings. The van der Waals surface area contributed by atoms with E-state index in [0.29, 0.717) is 25.0 Å². The lowest BCUT2D eigenvalue weighted by Gasteiger charge is -2.75. The molecule has 4 saturated carbocycles. The van der Waals surface area contributed by atoms with Crippen molar-refractivity contribution in [1.29, 1.82) is 0 Å². The first-order chi connectivity index (χ1) is 11.6. The molecule has 6 fully saturated rings. The van der Waals surface area contributed by atoms with Crippen LogP contribution in [0.2, 0.25) is 0 Å². The van der Waals surface area contributed by atoms with E-state index in [1.807, 2.05) is 0 Å². The fourth-order valence-electron chi connectivity index (χ4n) is 8.24. The van der Waals surface area contributed by atoms with Gasteiger partial charge in [0, 0.05) is 17.3 Å². The van der Waals surface area contributed by atoms with Crippen LogP contribution < -0.4 is 0 Å². The molecule has 0 radical (unpaired) electrons. The summed E-state index contributed by atoms with van der Waals surface area (Å²) in [6.45, 7) is 8.71. The molecular weight excluding hydrogens is 320 g/mol. The highest BCUT2D eigenvalue weighted by molar-refractivity contribution is 5.35. The maximum Gasteiger partial charge on any atom is 0.201 e. The molecule has 4 bridgehead atoms. The first-order valence-corrected chi connectivity index (χ1v) is 9.71. The molecule has 0 aromatic rings. The minimum atomic E-state index is -1.82. The monoisotopic (exact) mass is 350 g/mol. The second-order valence-electron chi connectivity index (χ2n) is 10.2. The van der Waals surface area contributed by atoms with Crippen LogP contribution in [0, 0.1) is 34.0 Å². The molecule has 0 unspecified atom stereocenters. The minimum absolute atomic E-state index is 0.0214. The molecule has 140 valence electrons. The Bertz CT molecular complexity index is 646.